The summed E-state index contributed by atoms with van der Waals surface area (Å²) in [4.78, 5) is 36.4. The Morgan fingerprint density at radius 2 is 2.05 bits per heavy atom. The number of methoxy groups -OCH3 is 1. The standard InChI is InChI=1S/C24H28ClF5N6O3/c1-22(9-18(37)36(21(31)34-22)13-6-7-23(26,27)17(8-13)39-2)14-4-3-5-15(19(14)25)33-20(38)16-10-32-12-35(16)11-24(28,29)30/h3-5,12-13,16-17H,6-11H2,1-2H3,(H2,31,34)(H,33,38)/t13?,16?,17?,22-/m0/s1. The fraction of sp³-hybridized carbons (Fsp3) is 0.583. The van der Waals surface area contributed by atoms with Gasteiger partial charge in [0.05, 0.1) is 35.6 Å². The third-order valence-corrected chi connectivity index (χ3v) is 7.61. The zero-order chi connectivity index (χ0) is 28.8. The number of carbonyl (C=O) groups excluding carboxylic acids is 2. The maximum Gasteiger partial charge on any atom is 0.405 e. The minimum Gasteiger partial charge on any atom is -0.375 e. The molecular formula is C24H28ClF5N6O3. The lowest BCUT2D eigenvalue weighted by atomic mass is 9.84. The first-order valence-corrected chi connectivity index (χ1v) is 12.5. The van der Waals surface area contributed by atoms with Crippen LogP contribution in [0.4, 0.5) is 27.6 Å². The molecule has 0 bridgehead atoms. The predicted molar refractivity (Wildman–Crippen MR) is 134 cm³/mol. The molecule has 3 aliphatic rings. The molecule has 2 amide bonds. The largest absolute Gasteiger partial charge is 0.405 e. The number of rotatable bonds is 6. The summed E-state index contributed by atoms with van der Waals surface area (Å²) in [6.45, 7) is 0.126. The fourth-order valence-corrected chi connectivity index (χ4v) is 5.63. The van der Waals surface area contributed by atoms with Gasteiger partial charge in [0.15, 0.2) is 5.96 Å². The summed E-state index contributed by atoms with van der Waals surface area (Å²) in [5.41, 5.74) is 5.39. The summed E-state index contributed by atoms with van der Waals surface area (Å²) < 4.78 is 71.8. The van der Waals surface area contributed by atoms with Gasteiger partial charge in [0, 0.05) is 31.6 Å². The quantitative estimate of drug-likeness (QED) is 0.502. The van der Waals surface area contributed by atoms with Crippen LogP contribution in [0, 0.1) is 0 Å². The van der Waals surface area contributed by atoms with Crippen LogP contribution < -0.4 is 11.1 Å². The highest BCUT2D eigenvalue weighted by Crippen LogP contribution is 2.43. The van der Waals surface area contributed by atoms with E-state index < -0.39 is 60.6 Å². The third kappa shape index (κ3) is 5.96. The summed E-state index contributed by atoms with van der Waals surface area (Å²) >= 11 is 6.60. The Morgan fingerprint density at radius 3 is 2.69 bits per heavy atom. The molecule has 4 atom stereocenters. The second-order valence-corrected chi connectivity index (χ2v) is 10.4. The molecule has 2 heterocycles. The van der Waals surface area contributed by atoms with Crippen molar-refractivity contribution in [2.75, 3.05) is 25.5 Å². The first kappa shape index (κ1) is 29.0. The van der Waals surface area contributed by atoms with Gasteiger partial charge in [-0.1, -0.05) is 23.7 Å². The lowest BCUT2D eigenvalue weighted by Crippen LogP contribution is -2.57. The van der Waals surface area contributed by atoms with Crippen molar-refractivity contribution in [3.8, 4) is 0 Å². The number of aliphatic imine (C=N–C) groups is 2. The summed E-state index contributed by atoms with van der Waals surface area (Å²) in [7, 11) is 1.19. The summed E-state index contributed by atoms with van der Waals surface area (Å²) in [5.74, 6) is -4.35. The van der Waals surface area contributed by atoms with E-state index in [2.05, 4.69) is 15.3 Å². The van der Waals surface area contributed by atoms with Gasteiger partial charge in [0.1, 0.15) is 18.7 Å². The van der Waals surface area contributed by atoms with Crippen molar-refractivity contribution in [1.82, 2.24) is 9.80 Å². The van der Waals surface area contributed by atoms with Crippen LogP contribution in [-0.2, 0) is 19.9 Å². The minimum absolute atomic E-state index is 0.0179. The smallest absolute Gasteiger partial charge is 0.375 e. The van der Waals surface area contributed by atoms with E-state index in [0.29, 0.717) is 5.56 Å². The van der Waals surface area contributed by atoms with Crippen molar-refractivity contribution < 1.29 is 36.3 Å². The van der Waals surface area contributed by atoms with Crippen molar-refractivity contribution in [2.45, 2.75) is 68.4 Å². The summed E-state index contributed by atoms with van der Waals surface area (Å²) in [6.07, 6.45) is -5.66. The van der Waals surface area contributed by atoms with Crippen molar-refractivity contribution in [3.63, 3.8) is 0 Å². The Morgan fingerprint density at radius 1 is 1.33 bits per heavy atom. The third-order valence-electron chi connectivity index (χ3n) is 7.20. The number of benzene rings is 1. The number of ether oxygens (including phenoxy) is 1. The van der Waals surface area contributed by atoms with Crippen LogP contribution >= 0.6 is 11.6 Å². The number of anilines is 1. The molecule has 15 heteroatoms. The van der Waals surface area contributed by atoms with Crippen LogP contribution in [0.3, 0.4) is 0 Å². The van der Waals surface area contributed by atoms with E-state index in [9.17, 15) is 31.5 Å². The number of carbonyl (C=O) groups is 2. The number of amides is 2. The Hall–Kier alpha value is -3.00. The molecule has 39 heavy (non-hydrogen) atoms. The Balaban J connectivity index is 1.54. The van der Waals surface area contributed by atoms with Gasteiger partial charge in [-0.25, -0.2) is 13.8 Å². The maximum absolute atomic E-state index is 14.1. The molecule has 1 aromatic rings. The Bertz CT molecular complexity index is 1200. The minimum atomic E-state index is -4.52. The average molecular weight is 579 g/mol. The van der Waals surface area contributed by atoms with E-state index in [1.54, 1.807) is 19.1 Å². The van der Waals surface area contributed by atoms with Crippen LogP contribution in [0.2, 0.25) is 5.02 Å². The molecule has 1 aromatic carbocycles. The molecule has 3 N–H and O–H groups in total. The lowest BCUT2D eigenvalue weighted by molar-refractivity contribution is -0.160. The first-order valence-electron chi connectivity index (χ1n) is 12.2. The highest BCUT2D eigenvalue weighted by molar-refractivity contribution is 6.34. The highest BCUT2D eigenvalue weighted by Gasteiger charge is 2.49. The topological polar surface area (TPSA) is 113 Å². The number of hydrogen-bond acceptors (Lipinski definition) is 7. The number of alkyl halides is 5. The highest BCUT2D eigenvalue weighted by atomic mass is 35.5. The van der Waals surface area contributed by atoms with Crippen LogP contribution in [-0.4, -0.2) is 84.4 Å². The normalized spacial score (nSPS) is 29.0. The van der Waals surface area contributed by atoms with E-state index in [-0.39, 0.29) is 42.5 Å². The van der Waals surface area contributed by atoms with Gasteiger partial charge in [0.25, 0.3) is 5.92 Å². The molecule has 0 saturated heterocycles. The van der Waals surface area contributed by atoms with Crippen molar-refractivity contribution in [3.05, 3.63) is 28.8 Å². The number of guanidine groups is 1. The number of nitrogens with zero attached hydrogens (tertiary/aromatic N) is 4. The summed E-state index contributed by atoms with van der Waals surface area (Å²) in [6, 6.07) is 2.81. The predicted octanol–water partition coefficient (Wildman–Crippen LogP) is 3.52. The summed E-state index contributed by atoms with van der Waals surface area (Å²) in [5, 5.41) is 2.58. The number of nitrogens with two attached hydrogens (primary N) is 1. The lowest BCUT2D eigenvalue weighted by Gasteiger charge is -2.43. The van der Waals surface area contributed by atoms with Gasteiger partial charge in [-0.15, -0.1) is 0 Å². The van der Waals surface area contributed by atoms with E-state index in [0.717, 1.165) is 11.2 Å². The molecule has 214 valence electrons. The molecule has 1 aliphatic carbocycles. The second kappa shape index (κ2) is 10.5. The van der Waals surface area contributed by atoms with Gasteiger partial charge >= 0.3 is 6.18 Å². The zero-order valence-corrected chi connectivity index (χ0v) is 21.9. The Kier molecular flexibility index (Phi) is 7.83. The maximum atomic E-state index is 14.1. The molecule has 0 radical (unpaired) electrons. The molecule has 3 unspecified atom stereocenters. The van der Waals surface area contributed by atoms with Crippen LogP contribution in [0.15, 0.2) is 28.2 Å². The molecule has 0 aromatic heterocycles. The first-order chi connectivity index (χ1) is 18.1. The van der Waals surface area contributed by atoms with E-state index in [4.69, 9.17) is 22.1 Å². The van der Waals surface area contributed by atoms with Gasteiger partial charge in [-0.3, -0.25) is 19.5 Å². The van der Waals surface area contributed by atoms with E-state index in [1.807, 2.05) is 0 Å². The SMILES string of the molecule is COC1CC(N2C(=O)C[C@@](C)(c3cccc(NC(=O)C4CN=CN4CC(F)(F)F)c3Cl)N=C2N)CCC1(F)F. The van der Waals surface area contributed by atoms with Gasteiger partial charge in [-0.2, -0.15) is 13.2 Å². The second-order valence-electron chi connectivity index (χ2n) is 10.0. The van der Waals surface area contributed by atoms with Crippen molar-refractivity contribution >= 4 is 41.4 Å². The average Bonchev–Trinajstić information content (AvgIpc) is 3.27. The molecule has 2 aliphatic heterocycles. The van der Waals surface area contributed by atoms with Gasteiger partial charge in [-0.05, 0) is 19.4 Å². The van der Waals surface area contributed by atoms with E-state index in [1.165, 1.54) is 18.1 Å². The molecule has 1 saturated carbocycles. The van der Waals surface area contributed by atoms with E-state index >= 15 is 0 Å². The van der Waals surface area contributed by atoms with Crippen LogP contribution in [0.25, 0.3) is 0 Å². The van der Waals surface area contributed by atoms with Crippen LogP contribution in [0.1, 0.15) is 38.2 Å². The monoisotopic (exact) mass is 578 g/mol. The molecule has 0 spiro atoms. The number of nitrogens with one attached hydrogen (secondary N) is 1. The fourth-order valence-electron chi connectivity index (χ4n) is 5.25. The van der Waals surface area contributed by atoms with Gasteiger partial charge < -0.3 is 20.7 Å². The Labute approximate surface area is 226 Å². The van der Waals surface area contributed by atoms with Crippen molar-refractivity contribution in [2.24, 2.45) is 15.7 Å². The van der Waals surface area contributed by atoms with Gasteiger partial charge in [0.2, 0.25) is 11.8 Å². The van der Waals surface area contributed by atoms with Crippen LogP contribution in [0.5, 0.6) is 0 Å². The molecular weight excluding hydrogens is 551 g/mol. The molecule has 1 fully saturated rings. The number of halogens is 6. The molecule has 9 nitrogen and oxygen atoms in total. The number of hydrogen-bond donors (Lipinski definition) is 2. The van der Waals surface area contributed by atoms with Crippen molar-refractivity contribution in [1.29, 1.82) is 0 Å². The zero-order valence-electron chi connectivity index (χ0n) is 21.1. The molecule has 4 rings (SSSR count).